The number of nitrogens with one attached hydrogen (secondary N) is 1. The lowest BCUT2D eigenvalue weighted by molar-refractivity contribution is 0.570. The number of aromatic nitrogens is 3. The SMILES string of the molecule is Cn1nncc1C(NN)c1cc(Cl)cc(Cl)c1. The molecule has 0 radical (unpaired) electrons. The average molecular weight is 272 g/mol. The minimum Gasteiger partial charge on any atom is -0.271 e. The molecule has 1 atom stereocenters. The summed E-state index contributed by atoms with van der Waals surface area (Å²) < 4.78 is 1.64. The van der Waals surface area contributed by atoms with Gasteiger partial charge in [-0.3, -0.25) is 10.5 Å². The lowest BCUT2D eigenvalue weighted by atomic mass is 10.1. The molecular weight excluding hydrogens is 261 g/mol. The van der Waals surface area contributed by atoms with Gasteiger partial charge in [0.1, 0.15) is 0 Å². The predicted molar refractivity (Wildman–Crippen MR) is 66.6 cm³/mol. The molecule has 1 unspecified atom stereocenters. The Morgan fingerprint density at radius 3 is 2.41 bits per heavy atom. The molecule has 0 bridgehead atoms. The van der Waals surface area contributed by atoms with Crippen molar-refractivity contribution in [2.75, 3.05) is 0 Å². The van der Waals surface area contributed by atoms with Crippen LogP contribution in [0.1, 0.15) is 17.3 Å². The summed E-state index contributed by atoms with van der Waals surface area (Å²) in [4.78, 5) is 0. The van der Waals surface area contributed by atoms with Gasteiger partial charge in [-0.2, -0.15) is 0 Å². The fourth-order valence-corrected chi connectivity index (χ4v) is 2.20. The van der Waals surface area contributed by atoms with E-state index in [-0.39, 0.29) is 6.04 Å². The van der Waals surface area contributed by atoms with Crippen LogP contribution in [0, 0.1) is 0 Å². The first-order valence-corrected chi connectivity index (χ1v) is 5.64. The Labute approximate surface area is 108 Å². The number of hydrogen-bond acceptors (Lipinski definition) is 4. The van der Waals surface area contributed by atoms with Crippen LogP contribution in [-0.2, 0) is 7.05 Å². The molecule has 2 rings (SSSR count). The topological polar surface area (TPSA) is 68.8 Å². The maximum Gasteiger partial charge on any atom is 0.0895 e. The first-order chi connectivity index (χ1) is 8.11. The molecule has 5 nitrogen and oxygen atoms in total. The molecule has 3 N–H and O–H groups in total. The van der Waals surface area contributed by atoms with Gasteiger partial charge >= 0.3 is 0 Å². The van der Waals surface area contributed by atoms with Gasteiger partial charge in [0.05, 0.1) is 17.9 Å². The van der Waals surface area contributed by atoms with Crippen LogP contribution in [0.25, 0.3) is 0 Å². The number of nitrogens with two attached hydrogens (primary N) is 1. The van der Waals surface area contributed by atoms with Crippen molar-refractivity contribution in [1.82, 2.24) is 20.4 Å². The van der Waals surface area contributed by atoms with Gasteiger partial charge in [-0.15, -0.1) is 5.10 Å². The number of hydrazine groups is 1. The molecule has 0 amide bonds. The van der Waals surface area contributed by atoms with E-state index >= 15 is 0 Å². The van der Waals surface area contributed by atoms with Crippen molar-refractivity contribution in [1.29, 1.82) is 0 Å². The Bertz CT molecular complexity index is 505. The van der Waals surface area contributed by atoms with Gasteiger partial charge in [0, 0.05) is 17.1 Å². The molecule has 0 spiro atoms. The van der Waals surface area contributed by atoms with Crippen LogP contribution in [0.5, 0.6) is 0 Å². The first kappa shape index (κ1) is 12.3. The summed E-state index contributed by atoms with van der Waals surface area (Å²) in [6.07, 6.45) is 1.64. The van der Waals surface area contributed by atoms with E-state index < -0.39 is 0 Å². The van der Waals surface area contributed by atoms with Crippen LogP contribution in [0.15, 0.2) is 24.4 Å². The molecule has 0 aliphatic rings. The standard InChI is InChI=1S/C10H11Cl2N5/c1-17-9(5-14-16-17)10(15-13)6-2-7(11)4-8(12)3-6/h2-5,10,15H,13H2,1H3. The van der Waals surface area contributed by atoms with Crippen molar-refractivity contribution in [3.05, 3.63) is 45.7 Å². The van der Waals surface area contributed by atoms with Gasteiger partial charge in [-0.1, -0.05) is 28.4 Å². The highest BCUT2D eigenvalue weighted by Gasteiger charge is 2.17. The highest BCUT2D eigenvalue weighted by Crippen LogP contribution is 2.26. The summed E-state index contributed by atoms with van der Waals surface area (Å²) in [6.45, 7) is 0. The van der Waals surface area contributed by atoms with E-state index in [2.05, 4.69) is 15.7 Å². The molecule has 90 valence electrons. The molecule has 1 aromatic carbocycles. The van der Waals surface area contributed by atoms with Gasteiger partial charge in [-0.05, 0) is 23.8 Å². The van der Waals surface area contributed by atoms with Gasteiger partial charge in [-0.25, -0.2) is 5.43 Å². The van der Waals surface area contributed by atoms with E-state index in [1.807, 2.05) is 0 Å². The van der Waals surface area contributed by atoms with Gasteiger partial charge in [0.25, 0.3) is 0 Å². The van der Waals surface area contributed by atoms with E-state index in [0.717, 1.165) is 11.3 Å². The first-order valence-electron chi connectivity index (χ1n) is 4.88. The van der Waals surface area contributed by atoms with Crippen LogP contribution in [0.2, 0.25) is 10.0 Å². The summed E-state index contributed by atoms with van der Waals surface area (Å²) in [7, 11) is 1.79. The fourth-order valence-electron chi connectivity index (χ4n) is 1.65. The van der Waals surface area contributed by atoms with Crippen molar-refractivity contribution in [3.63, 3.8) is 0 Å². The minimum atomic E-state index is -0.258. The molecular formula is C10H11Cl2N5. The van der Waals surface area contributed by atoms with Crippen LogP contribution >= 0.6 is 23.2 Å². The second kappa shape index (κ2) is 5.01. The van der Waals surface area contributed by atoms with Crippen molar-refractivity contribution in [2.24, 2.45) is 12.9 Å². The van der Waals surface area contributed by atoms with E-state index in [1.165, 1.54) is 0 Å². The molecule has 0 aliphatic heterocycles. The molecule has 17 heavy (non-hydrogen) atoms. The number of rotatable bonds is 3. The molecule has 7 heteroatoms. The minimum absolute atomic E-state index is 0.258. The second-order valence-electron chi connectivity index (χ2n) is 3.58. The predicted octanol–water partition coefficient (Wildman–Crippen LogP) is 1.67. The molecule has 0 saturated carbocycles. The number of halogens is 2. The molecule has 1 aromatic heterocycles. The molecule has 0 fully saturated rings. The zero-order valence-electron chi connectivity index (χ0n) is 9.06. The second-order valence-corrected chi connectivity index (χ2v) is 4.46. The number of benzene rings is 1. The number of nitrogens with zero attached hydrogens (tertiary/aromatic N) is 3. The third-order valence-electron chi connectivity index (χ3n) is 2.43. The smallest absolute Gasteiger partial charge is 0.0895 e. The maximum atomic E-state index is 5.96. The zero-order valence-corrected chi connectivity index (χ0v) is 10.6. The van der Waals surface area contributed by atoms with E-state index in [1.54, 1.807) is 36.1 Å². The summed E-state index contributed by atoms with van der Waals surface area (Å²) in [5.74, 6) is 5.56. The van der Waals surface area contributed by atoms with Crippen LogP contribution in [-0.4, -0.2) is 15.0 Å². The third kappa shape index (κ3) is 2.58. The van der Waals surface area contributed by atoms with Gasteiger partial charge in [0.15, 0.2) is 0 Å². The lowest BCUT2D eigenvalue weighted by Gasteiger charge is -2.16. The summed E-state index contributed by atoms with van der Waals surface area (Å²) >= 11 is 11.9. The zero-order chi connectivity index (χ0) is 12.4. The molecule has 0 saturated heterocycles. The maximum absolute atomic E-state index is 5.96. The molecule has 2 aromatic rings. The average Bonchev–Trinajstić information content (AvgIpc) is 2.65. The van der Waals surface area contributed by atoms with E-state index in [0.29, 0.717) is 10.0 Å². The van der Waals surface area contributed by atoms with Crippen molar-refractivity contribution in [2.45, 2.75) is 6.04 Å². The highest BCUT2D eigenvalue weighted by molar-refractivity contribution is 6.34. The van der Waals surface area contributed by atoms with Crippen LogP contribution in [0.4, 0.5) is 0 Å². The number of hydrogen-bond donors (Lipinski definition) is 2. The monoisotopic (exact) mass is 271 g/mol. The van der Waals surface area contributed by atoms with Crippen molar-refractivity contribution in [3.8, 4) is 0 Å². The van der Waals surface area contributed by atoms with Crippen molar-refractivity contribution >= 4 is 23.2 Å². The van der Waals surface area contributed by atoms with Gasteiger partial charge < -0.3 is 0 Å². The summed E-state index contributed by atoms with van der Waals surface area (Å²) in [5.41, 5.74) is 4.38. The Kier molecular flexibility index (Phi) is 3.63. The molecule has 1 heterocycles. The normalized spacial score (nSPS) is 12.7. The van der Waals surface area contributed by atoms with Crippen LogP contribution in [0.3, 0.4) is 0 Å². The van der Waals surface area contributed by atoms with E-state index in [4.69, 9.17) is 29.0 Å². The Balaban J connectivity index is 2.45. The highest BCUT2D eigenvalue weighted by atomic mass is 35.5. The quantitative estimate of drug-likeness (QED) is 0.658. The Morgan fingerprint density at radius 2 is 1.94 bits per heavy atom. The van der Waals surface area contributed by atoms with Crippen molar-refractivity contribution < 1.29 is 0 Å². The fraction of sp³-hybridized carbons (Fsp3) is 0.200. The third-order valence-corrected chi connectivity index (χ3v) is 2.87. The largest absolute Gasteiger partial charge is 0.271 e. The molecule has 0 aliphatic carbocycles. The van der Waals surface area contributed by atoms with Gasteiger partial charge in [0.2, 0.25) is 0 Å². The van der Waals surface area contributed by atoms with E-state index in [9.17, 15) is 0 Å². The Morgan fingerprint density at radius 1 is 1.29 bits per heavy atom. The summed E-state index contributed by atoms with van der Waals surface area (Å²) in [6, 6.07) is 5.00. The number of aryl methyl sites for hydroxylation is 1. The Hall–Kier alpha value is -1.14. The summed E-state index contributed by atoms with van der Waals surface area (Å²) in [5, 5.41) is 8.79. The van der Waals surface area contributed by atoms with Crippen LogP contribution < -0.4 is 11.3 Å². The lowest BCUT2D eigenvalue weighted by Crippen LogP contribution is -2.30.